The molecule has 1 aromatic carbocycles. The summed E-state index contributed by atoms with van der Waals surface area (Å²) in [4.78, 5) is 0. The van der Waals surface area contributed by atoms with Crippen molar-refractivity contribution in [2.24, 2.45) is 0 Å². The molecule has 0 aromatic heterocycles. The monoisotopic (exact) mass is 254 g/mol. The summed E-state index contributed by atoms with van der Waals surface area (Å²) >= 11 is 5.88. The standard InChI is InChI=1S/C13H19ClN2O/c1-13(5-2-6-17-13)9-16-8-10-3-4-11(14)12(15)7-10/h3-4,7,16H,2,5-6,8-9,15H2,1H3. The van der Waals surface area contributed by atoms with Gasteiger partial charge in [0, 0.05) is 19.7 Å². The third kappa shape index (κ3) is 3.35. The van der Waals surface area contributed by atoms with Crippen molar-refractivity contribution < 1.29 is 4.74 Å². The number of nitrogens with one attached hydrogen (secondary N) is 1. The number of rotatable bonds is 4. The van der Waals surface area contributed by atoms with E-state index in [1.54, 1.807) is 0 Å². The second-order valence-electron chi connectivity index (χ2n) is 4.86. The Morgan fingerprint density at radius 3 is 3.00 bits per heavy atom. The summed E-state index contributed by atoms with van der Waals surface area (Å²) in [5.74, 6) is 0. The zero-order valence-corrected chi connectivity index (χ0v) is 10.9. The molecule has 1 aliphatic rings. The summed E-state index contributed by atoms with van der Waals surface area (Å²) in [5.41, 5.74) is 7.53. The first-order valence-corrected chi connectivity index (χ1v) is 6.35. The van der Waals surface area contributed by atoms with E-state index in [4.69, 9.17) is 22.1 Å². The van der Waals surface area contributed by atoms with E-state index >= 15 is 0 Å². The van der Waals surface area contributed by atoms with Crippen molar-refractivity contribution in [2.75, 3.05) is 18.9 Å². The highest BCUT2D eigenvalue weighted by atomic mass is 35.5. The number of benzene rings is 1. The molecule has 3 nitrogen and oxygen atoms in total. The smallest absolute Gasteiger partial charge is 0.0779 e. The molecule has 1 atom stereocenters. The van der Waals surface area contributed by atoms with Crippen molar-refractivity contribution >= 4 is 17.3 Å². The fraction of sp³-hybridized carbons (Fsp3) is 0.538. The average Bonchev–Trinajstić information content (AvgIpc) is 2.71. The van der Waals surface area contributed by atoms with Crippen LogP contribution in [0.15, 0.2) is 18.2 Å². The van der Waals surface area contributed by atoms with Gasteiger partial charge >= 0.3 is 0 Å². The minimum absolute atomic E-state index is 0.00201. The van der Waals surface area contributed by atoms with E-state index in [1.165, 1.54) is 0 Å². The summed E-state index contributed by atoms with van der Waals surface area (Å²) in [6.45, 7) is 4.70. The van der Waals surface area contributed by atoms with E-state index < -0.39 is 0 Å². The van der Waals surface area contributed by atoms with E-state index in [0.717, 1.165) is 38.1 Å². The van der Waals surface area contributed by atoms with Crippen molar-refractivity contribution in [1.29, 1.82) is 0 Å². The summed E-state index contributed by atoms with van der Waals surface area (Å²) in [6, 6.07) is 5.73. The quantitative estimate of drug-likeness (QED) is 0.812. The van der Waals surface area contributed by atoms with Crippen molar-refractivity contribution in [1.82, 2.24) is 5.32 Å². The summed E-state index contributed by atoms with van der Waals surface area (Å²) in [7, 11) is 0. The van der Waals surface area contributed by atoms with Crippen molar-refractivity contribution in [3.8, 4) is 0 Å². The van der Waals surface area contributed by atoms with Crippen LogP contribution in [0.2, 0.25) is 5.02 Å². The average molecular weight is 255 g/mol. The molecule has 1 fully saturated rings. The molecule has 1 unspecified atom stereocenters. The molecule has 94 valence electrons. The van der Waals surface area contributed by atoms with Crippen LogP contribution in [0, 0.1) is 0 Å². The molecule has 0 saturated carbocycles. The van der Waals surface area contributed by atoms with Gasteiger partial charge in [-0.2, -0.15) is 0 Å². The van der Waals surface area contributed by atoms with Crippen LogP contribution in [0.1, 0.15) is 25.3 Å². The van der Waals surface area contributed by atoms with Gasteiger partial charge in [-0.15, -0.1) is 0 Å². The molecule has 0 amide bonds. The van der Waals surface area contributed by atoms with E-state index in [0.29, 0.717) is 10.7 Å². The van der Waals surface area contributed by atoms with Gasteiger partial charge in [-0.05, 0) is 37.5 Å². The van der Waals surface area contributed by atoms with E-state index in [2.05, 4.69) is 12.2 Å². The number of ether oxygens (including phenoxy) is 1. The van der Waals surface area contributed by atoms with Gasteiger partial charge in [-0.1, -0.05) is 17.7 Å². The first-order valence-electron chi connectivity index (χ1n) is 5.98. The highest BCUT2D eigenvalue weighted by molar-refractivity contribution is 6.33. The maximum absolute atomic E-state index is 5.88. The minimum atomic E-state index is -0.00201. The third-order valence-electron chi connectivity index (χ3n) is 3.19. The van der Waals surface area contributed by atoms with E-state index in [9.17, 15) is 0 Å². The molecule has 4 heteroatoms. The third-order valence-corrected chi connectivity index (χ3v) is 3.53. The van der Waals surface area contributed by atoms with E-state index in [1.807, 2.05) is 18.2 Å². The number of hydrogen-bond donors (Lipinski definition) is 2. The summed E-state index contributed by atoms with van der Waals surface area (Å²) < 4.78 is 5.71. The van der Waals surface area contributed by atoms with Gasteiger partial charge in [0.2, 0.25) is 0 Å². The van der Waals surface area contributed by atoms with Crippen molar-refractivity contribution in [2.45, 2.75) is 31.9 Å². The van der Waals surface area contributed by atoms with Gasteiger partial charge < -0.3 is 15.8 Å². The molecule has 1 heterocycles. The van der Waals surface area contributed by atoms with Crippen LogP contribution >= 0.6 is 11.6 Å². The molecule has 0 aliphatic carbocycles. The maximum Gasteiger partial charge on any atom is 0.0779 e. The molecule has 1 aromatic rings. The van der Waals surface area contributed by atoms with Crippen LogP contribution < -0.4 is 11.1 Å². The van der Waals surface area contributed by atoms with Crippen LogP contribution in [0.4, 0.5) is 5.69 Å². The molecule has 0 bridgehead atoms. The number of hydrogen-bond acceptors (Lipinski definition) is 3. The Morgan fingerprint density at radius 1 is 1.53 bits per heavy atom. The van der Waals surface area contributed by atoms with Crippen molar-refractivity contribution in [3.05, 3.63) is 28.8 Å². The van der Waals surface area contributed by atoms with Gasteiger partial charge in [0.1, 0.15) is 0 Å². The normalized spacial score (nSPS) is 24.1. The van der Waals surface area contributed by atoms with Crippen LogP contribution in [-0.2, 0) is 11.3 Å². The van der Waals surface area contributed by atoms with Crippen LogP contribution in [0.3, 0.4) is 0 Å². The molecule has 0 radical (unpaired) electrons. The lowest BCUT2D eigenvalue weighted by atomic mass is 10.0. The van der Waals surface area contributed by atoms with Gasteiger partial charge in [-0.3, -0.25) is 0 Å². The lowest BCUT2D eigenvalue weighted by Crippen LogP contribution is -2.36. The highest BCUT2D eigenvalue weighted by Gasteiger charge is 2.28. The predicted molar refractivity (Wildman–Crippen MR) is 71.2 cm³/mol. The summed E-state index contributed by atoms with van der Waals surface area (Å²) in [5, 5.41) is 4.02. The first-order chi connectivity index (χ1) is 8.09. The number of nitrogens with two attached hydrogens (primary N) is 1. The summed E-state index contributed by atoms with van der Waals surface area (Å²) in [6.07, 6.45) is 2.29. The Labute approximate surface area is 107 Å². The fourth-order valence-corrected chi connectivity index (χ4v) is 2.27. The Kier molecular flexibility index (Phi) is 3.92. The molecule has 1 saturated heterocycles. The fourth-order valence-electron chi connectivity index (χ4n) is 2.15. The van der Waals surface area contributed by atoms with E-state index in [-0.39, 0.29) is 5.60 Å². The van der Waals surface area contributed by atoms with Gasteiger partial charge in [-0.25, -0.2) is 0 Å². The first kappa shape index (κ1) is 12.7. The molecule has 2 rings (SSSR count). The second-order valence-corrected chi connectivity index (χ2v) is 5.27. The minimum Gasteiger partial charge on any atom is -0.398 e. The van der Waals surface area contributed by atoms with Crippen LogP contribution in [0.5, 0.6) is 0 Å². The van der Waals surface area contributed by atoms with Gasteiger partial charge in [0.15, 0.2) is 0 Å². The largest absolute Gasteiger partial charge is 0.398 e. The number of nitrogen functional groups attached to an aromatic ring is 1. The SMILES string of the molecule is CC1(CNCc2ccc(Cl)c(N)c2)CCCO1. The Morgan fingerprint density at radius 2 is 2.35 bits per heavy atom. The van der Waals surface area contributed by atoms with Gasteiger partial charge in [0.25, 0.3) is 0 Å². The second kappa shape index (κ2) is 5.25. The van der Waals surface area contributed by atoms with Crippen molar-refractivity contribution in [3.63, 3.8) is 0 Å². The Hall–Kier alpha value is -0.770. The molecular formula is C13H19ClN2O. The maximum atomic E-state index is 5.88. The molecule has 3 N–H and O–H groups in total. The number of halogens is 1. The Balaban J connectivity index is 1.83. The topological polar surface area (TPSA) is 47.3 Å². The van der Waals surface area contributed by atoms with Crippen LogP contribution in [0.25, 0.3) is 0 Å². The molecule has 0 spiro atoms. The number of anilines is 1. The van der Waals surface area contributed by atoms with Gasteiger partial charge in [0.05, 0.1) is 16.3 Å². The predicted octanol–water partition coefficient (Wildman–Crippen LogP) is 2.58. The molecular weight excluding hydrogens is 236 g/mol. The zero-order valence-electron chi connectivity index (χ0n) is 10.1. The molecule has 17 heavy (non-hydrogen) atoms. The lowest BCUT2D eigenvalue weighted by molar-refractivity contribution is 0.0207. The zero-order chi connectivity index (χ0) is 12.3. The highest BCUT2D eigenvalue weighted by Crippen LogP contribution is 2.24. The van der Waals surface area contributed by atoms with Crippen LogP contribution in [-0.4, -0.2) is 18.8 Å². The Bertz CT molecular complexity index is 389. The molecule has 1 aliphatic heterocycles. The lowest BCUT2D eigenvalue weighted by Gasteiger charge is -2.23.